The molecule has 0 bridgehead atoms. The van der Waals surface area contributed by atoms with Gasteiger partial charge in [-0.25, -0.2) is 0 Å². The SMILES string of the molecule is O=C1NC(Cc2ccc(O)c(Cl)c2)C(=O)NC1CS. The summed E-state index contributed by atoms with van der Waals surface area (Å²) in [6.45, 7) is 0. The maximum atomic E-state index is 11.8. The van der Waals surface area contributed by atoms with Gasteiger partial charge >= 0.3 is 0 Å². The fourth-order valence-electron chi connectivity index (χ4n) is 1.86. The number of phenolic OH excluding ortho intramolecular Hbond substituents is 1. The Morgan fingerprint density at radius 2 is 1.84 bits per heavy atom. The molecule has 0 aromatic heterocycles. The molecular formula is C12H13ClN2O3S. The number of hydrogen-bond donors (Lipinski definition) is 4. The second-order valence-corrected chi connectivity index (χ2v) is 5.07. The van der Waals surface area contributed by atoms with E-state index in [2.05, 4.69) is 23.3 Å². The van der Waals surface area contributed by atoms with E-state index in [1.165, 1.54) is 6.07 Å². The van der Waals surface area contributed by atoms with Gasteiger partial charge in [-0.1, -0.05) is 17.7 Å². The van der Waals surface area contributed by atoms with Crippen molar-refractivity contribution in [3.63, 3.8) is 0 Å². The van der Waals surface area contributed by atoms with Crippen molar-refractivity contribution in [1.82, 2.24) is 10.6 Å². The molecular weight excluding hydrogens is 288 g/mol. The summed E-state index contributed by atoms with van der Waals surface area (Å²) in [4.78, 5) is 23.5. The average Bonchev–Trinajstić information content (AvgIpc) is 2.38. The van der Waals surface area contributed by atoms with Crippen molar-refractivity contribution in [2.45, 2.75) is 18.5 Å². The Morgan fingerprint density at radius 3 is 2.47 bits per heavy atom. The first-order valence-corrected chi connectivity index (χ1v) is 6.71. The van der Waals surface area contributed by atoms with E-state index in [1.54, 1.807) is 12.1 Å². The lowest BCUT2D eigenvalue weighted by atomic mass is 10.0. The predicted molar refractivity (Wildman–Crippen MR) is 74.5 cm³/mol. The first-order chi connectivity index (χ1) is 9.01. The molecule has 0 aliphatic carbocycles. The highest BCUT2D eigenvalue weighted by Crippen LogP contribution is 2.24. The van der Waals surface area contributed by atoms with E-state index in [0.717, 1.165) is 5.56 Å². The molecule has 1 aliphatic rings. The molecule has 3 N–H and O–H groups in total. The highest BCUT2D eigenvalue weighted by Gasteiger charge is 2.32. The molecule has 2 unspecified atom stereocenters. The van der Waals surface area contributed by atoms with Gasteiger partial charge in [-0.15, -0.1) is 0 Å². The number of halogens is 1. The van der Waals surface area contributed by atoms with Crippen LogP contribution in [0.4, 0.5) is 0 Å². The Labute approximate surface area is 120 Å². The third-order valence-corrected chi connectivity index (χ3v) is 3.57. The van der Waals surface area contributed by atoms with Crippen molar-refractivity contribution in [3.8, 4) is 5.75 Å². The van der Waals surface area contributed by atoms with Crippen LogP contribution in [0.5, 0.6) is 5.75 Å². The third-order valence-electron chi connectivity index (χ3n) is 2.90. The summed E-state index contributed by atoms with van der Waals surface area (Å²) < 4.78 is 0. The summed E-state index contributed by atoms with van der Waals surface area (Å²) in [5.41, 5.74) is 0.757. The van der Waals surface area contributed by atoms with Gasteiger partial charge in [0.2, 0.25) is 11.8 Å². The highest BCUT2D eigenvalue weighted by atomic mass is 35.5. The van der Waals surface area contributed by atoms with Crippen molar-refractivity contribution in [3.05, 3.63) is 28.8 Å². The lowest BCUT2D eigenvalue weighted by Crippen LogP contribution is -2.62. The fourth-order valence-corrected chi connectivity index (χ4v) is 2.32. The van der Waals surface area contributed by atoms with Crippen molar-refractivity contribution < 1.29 is 14.7 Å². The molecule has 1 aliphatic heterocycles. The number of amides is 2. The number of rotatable bonds is 3. The molecule has 0 saturated carbocycles. The van der Waals surface area contributed by atoms with Crippen LogP contribution in [0.25, 0.3) is 0 Å². The summed E-state index contributed by atoms with van der Waals surface area (Å²) in [5, 5.41) is 14.8. The van der Waals surface area contributed by atoms with Gasteiger partial charge in [0.1, 0.15) is 17.8 Å². The fraction of sp³-hybridized carbons (Fsp3) is 0.333. The Bertz CT molecular complexity index is 524. The zero-order valence-electron chi connectivity index (χ0n) is 9.89. The molecule has 1 fully saturated rings. The van der Waals surface area contributed by atoms with Crippen LogP contribution in [0.2, 0.25) is 5.02 Å². The smallest absolute Gasteiger partial charge is 0.244 e. The van der Waals surface area contributed by atoms with E-state index in [4.69, 9.17) is 11.6 Å². The van der Waals surface area contributed by atoms with Crippen LogP contribution < -0.4 is 10.6 Å². The molecule has 1 aromatic rings. The van der Waals surface area contributed by atoms with Crippen LogP contribution in [0.3, 0.4) is 0 Å². The minimum Gasteiger partial charge on any atom is -0.506 e. The average molecular weight is 301 g/mol. The van der Waals surface area contributed by atoms with E-state index < -0.39 is 12.1 Å². The van der Waals surface area contributed by atoms with Crippen LogP contribution in [0.1, 0.15) is 5.56 Å². The van der Waals surface area contributed by atoms with Crippen LogP contribution in [-0.2, 0) is 16.0 Å². The minimum atomic E-state index is -0.635. The number of phenols is 1. The second-order valence-electron chi connectivity index (χ2n) is 4.29. The molecule has 2 amide bonds. The molecule has 0 radical (unpaired) electrons. The number of nitrogens with one attached hydrogen (secondary N) is 2. The standard InChI is InChI=1S/C12H13ClN2O3S/c13-7-3-6(1-2-10(7)16)4-8-11(17)15-9(5-19)12(18)14-8/h1-3,8-9,16,19H,4-5H2,(H,14,18)(H,15,17). The first-order valence-electron chi connectivity index (χ1n) is 5.70. The molecule has 2 atom stereocenters. The zero-order valence-corrected chi connectivity index (χ0v) is 11.5. The Morgan fingerprint density at radius 1 is 1.21 bits per heavy atom. The van der Waals surface area contributed by atoms with Crippen LogP contribution in [-0.4, -0.2) is 34.8 Å². The number of thiol groups is 1. The largest absolute Gasteiger partial charge is 0.506 e. The number of hydrogen-bond acceptors (Lipinski definition) is 4. The van der Waals surface area contributed by atoms with Crippen molar-refractivity contribution in [1.29, 1.82) is 0 Å². The van der Waals surface area contributed by atoms with Gasteiger partial charge in [-0.2, -0.15) is 12.6 Å². The van der Waals surface area contributed by atoms with E-state index in [0.29, 0.717) is 6.42 Å². The van der Waals surface area contributed by atoms with Crippen LogP contribution >= 0.6 is 24.2 Å². The van der Waals surface area contributed by atoms with E-state index in [9.17, 15) is 14.7 Å². The molecule has 1 heterocycles. The Kier molecular flexibility index (Phi) is 4.21. The number of carbonyl (C=O) groups is 2. The van der Waals surface area contributed by atoms with Gasteiger partial charge < -0.3 is 15.7 Å². The topological polar surface area (TPSA) is 78.4 Å². The van der Waals surface area contributed by atoms with Crippen LogP contribution in [0.15, 0.2) is 18.2 Å². The first kappa shape index (κ1) is 14.0. The molecule has 5 nitrogen and oxygen atoms in total. The minimum absolute atomic E-state index is 0.0160. The molecule has 1 saturated heterocycles. The molecule has 19 heavy (non-hydrogen) atoms. The maximum absolute atomic E-state index is 11.8. The van der Waals surface area contributed by atoms with Gasteiger partial charge in [0.25, 0.3) is 0 Å². The summed E-state index contributed by atoms with van der Waals surface area (Å²) in [6.07, 6.45) is 0.316. The highest BCUT2D eigenvalue weighted by molar-refractivity contribution is 7.80. The van der Waals surface area contributed by atoms with Gasteiger partial charge in [0.15, 0.2) is 0 Å². The van der Waals surface area contributed by atoms with Gasteiger partial charge in [-0.05, 0) is 17.7 Å². The molecule has 102 valence electrons. The number of carbonyl (C=O) groups excluding carboxylic acids is 2. The number of piperazine rings is 1. The quantitative estimate of drug-likeness (QED) is 0.614. The molecule has 0 spiro atoms. The predicted octanol–water partition coefficient (Wildman–Crippen LogP) is 0.501. The number of benzene rings is 1. The zero-order chi connectivity index (χ0) is 14.0. The third kappa shape index (κ3) is 3.13. The van der Waals surface area contributed by atoms with E-state index in [-0.39, 0.29) is 28.3 Å². The van der Waals surface area contributed by atoms with Gasteiger partial charge in [0.05, 0.1) is 5.02 Å². The molecule has 1 aromatic carbocycles. The monoisotopic (exact) mass is 300 g/mol. The maximum Gasteiger partial charge on any atom is 0.244 e. The second kappa shape index (κ2) is 5.71. The Balaban J connectivity index is 2.08. The summed E-state index contributed by atoms with van der Waals surface area (Å²) in [6, 6.07) is 3.46. The van der Waals surface area contributed by atoms with E-state index in [1.807, 2.05) is 0 Å². The van der Waals surface area contributed by atoms with Gasteiger partial charge in [-0.3, -0.25) is 9.59 Å². The van der Waals surface area contributed by atoms with Gasteiger partial charge in [0, 0.05) is 12.2 Å². The summed E-state index contributed by atoms with van der Waals surface area (Å²) >= 11 is 9.79. The van der Waals surface area contributed by atoms with E-state index >= 15 is 0 Å². The van der Waals surface area contributed by atoms with Crippen molar-refractivity contribution in [2.24, 2.45) is 0 Å². The van der Waals surface area contributed by atoms with Crippen molar-refractivity contribution >= 4 is 36.0 Å². The lowest BCUT2D eigenvalue weighted by molar-refractivity contribution is -0.136. The lowest BCUT2D eigenvalue weighted by Gasteiger charge is -2.28. The molecule has 2 rings (SSSR count). The van der Waals surface area contributed by atoms with Crippen molar-refractivity contribution in [2.75, 3.05) is 5.75 Å². The summed E-state index contributed by atoms with van der Waals surface area (Å²) in [5.74, 6) is -0.250. The van der Waals surface area contributed by atoms with Crippen LogP contribution in [0, 0.1) is 0 Å². The summed E-state index contributed by atoms with van der Waals surface area (Å²) in [7, 11) is 0. The number of aromatic hydroxyl groups is 1. The normalized spacial score (nSPS) is 22.8. The Hall–Kier alpha value is -1.40. The molecule has 7 heteroatoms.